The van der Waals surface area contributed by atoms with E-state index in [1.54, 1.807) is 0 Å². The molecule has 100 valence electrons. The fraction of sp³-hybridized carbons (Fsp3) is 0.923. The second-order valence-electron chi connectivity index (χ2n) is 5.55. The van der Waals surface area contributed by atoms with Crippen LogP contribution in [0.2, 0.25) is 0 Å². The van der Waals surface area contributed by atoms with E-state index in [0.29, 0.717) is 12.0 Å². The lowest BCUT2D eigenvalue weighted by atomic mass is 10.2. The highest BCUT2D eigenvalue weighted by atomic mass is 16.2. The van der Waals surface area contributed by atoms with Crippen LogP contribution in [-0.4, -0.2) is 49.6 Å². The maximum absolute atomic E-state index is 11.9. The number of carbonyl (C=O) groups excluding carboxylic acids is 1. The van der Waals surface area contributed by atoms with Gasteiger partial charge in [0.15, 0.2) is 0 Å². The van der Waals surface area contributed by atoms with Crippen LogP contribution in [-0.2, 0) is 4.79 Å². The molecule has 0 aromatic heterocycles. The number of amides is 1. The van der Waals surface area contributed by atoms with Crippen LogP contribution in [0.3, 0.4) is 0 Å². The number of hydrogen-bond acceptors (Lipinski definition) is 3. The lowest BCUT2D eigenvalue weighted by Gasteiger charge is -2.26. The maximum atomic E-state index is 11.9. The van der Waals surface area contributed by atoms with Gasteiger partial charge in [-0.25, -0.2) is 0 Å². The highest BCUT2D eigenvalue weighted by Crippen LogP contribution is 2.08. The lowest BCUT2D eigenvalue weighted by molar-refractivity contribution is -0.125. The molecule has 1 fully saturated rings. The molecule has 0 aliphatic carbocycles. The van der Waals surface area contributed by atoms with Crippen molar-refractivity contribution in [2.75, 3.05) is 26.7 Å². The maximum Gasteiger partial charge on any atom is 0.237 e. The van der Waals surface area contributed by atoms with Gasteiger partial charge in [-0.2, -0.15) is 0 Å². The Morgan fingerprint density at radius 2 is 2.18 bits per heavy atom. The van der Waals surface area contributed by atoms with E-state index in [9.17, 15) is 4.79 Å². The number of nitrogens with zero attached hydrogens (tertiary/aromatic N) is 1. The predicted molar refractivity (Wildman–Crippen MR) is 71.0 cm³/mol. The van der Waals surface area contributed by atoms with Crippen molar-refractivity contribution in [3.05, 3.63) is 0 Å². The summed E-state index contributed by atoms with van der Waals surface area (Å²) in [7, 11) is 2.03. The average Bonchev–Trinajstić information content (AvgIpc) is 2.77. The van der Waals surface area contributed by atoms with Gasteiger partial charge in [-0.3, -0.25) is 9.69 Å². The molecular weight excluding hydrogens is 214 g/mol. The molecular formula is C13H27N3O. The normalized spacial score (nSPS) is 22.1. The third-order valence-corrected chi connectivity index (χ3v) is 3.40. The fourth-order valence-corrected chi connectivity index (χ4v) is 2.07. The zero-order chi connectivity index (χ0) is 12.8. The van der Waals surface area contributed by atoms with E-state index in [-0.39, 0.29) is 11.9 Å². The van der Waals surface area contributed by atoms with Crippen LogP contribution >= 0.6 is 0 Å². The summed E-state index contributed by atoms with van der Waals surface area (Å²) in [6.45, 7) is 9.03. The minimum Gasteiger partial charge on any atom is -0.354 e. The van der Waals surface area contributed by atoms with Crippen LogP contribution in [0.15, 0.2) is 0 Å². The summed E-state index contributed by atoms with van der Waals surface area (Å²) >= 11 is 0. The van der Waals surface area contributed by atoms with E-state index < -0.39 is 0 Å². The van der Waals surface area contributed by atoms with Gasteiger partial charge in [0.25, 0.3) is 0 Å². The summed E-state index contributed by atoms with van der Waals surface area (Å²) in [4.78, 5) is 14.0. The van der Waals surface area contributed by atoms with E-state index >= 15 is 0 Å². The van der Waals surface area contributed by atoms with Crippen molar-refractivity contribution in [3.63, 3.8) is 0 Å². The zero-order valence-corrected chi connectivity index (χ0v) is 11.6. The van der Waals surface area contributed by atoms with Crippen molar-refractivity contribution in [2.45, 2.75) is 45.7 Å². The number of carbonyl (C=O) groups is 1. The average molecular weight is 241 g/mol. The standard InChI is InChI=1S/C13H27N3O/c1-10(2)8-15-13(17)11(3)16(4)9-12-6-5-7-14-12/h10-12,14H,5-9H2,1-4H3,(H,15,17). The molecule has 2 N–H and O–H groups in total. The molecule has 1 heterocycles. The Morgan fingerprint density at radius 3 is 2.71 bits per heavy atom. The minimum absolute atomic E-state index is 0.0452. The molecule has 0 bridgehead atoms. The van der Waals surface area contributed by atoms with Crippen molar-refractivity contribution >= 4 is 5.91 Å². The molecule has 0 spiro atoms. The highest BCUT2D eigenvalue weighted by molar-refractivity contribution is 5.81. The first kappa shape index (κ1) is 14.5. The quantitative estimate of drug-likeness (QED) is 0.724. The van der Waals surface area contributed by atoms with Gasteiger partial charge < -0.3 is 10.6 Å². The van der Waals surface area contributed by atoms with Crippen molar-refractivity contribution in [1.29, 1.82) is 0 Å². The van der Waals surface area contributed by atoms with E-state index in [1.165, 1.54) is 12.8 Å². The Hall–Kier alpha value is -0.610. The minimum atomic E-state index is -0.0452. The van der Waals surface area contributed by atoms with Crippen LogP contribution in [0, 0.1) is 5.92 Å². The van der Waals surface area contributed by atoms with Gasteiger partial charge in [0.05, 0.1) is 6.04 Å². The molecule has 1 amide bonds. The zero-order valence-electron chi connectivity index (χ0n) is 11.6. The molecule has 0 aromatic carbocycles. The SMILES string of the molecule is CC(C)CNC(=O)C(C)N(C)CC1CCCN1. The molecule has 0 saturated carbocycles. The highest BCUT2D eigenvalue weighted by Gasteiger charge is 2.22. The molecule has 1 aliphatic rings. The van der Waals surface area contributed by atoms with Gasteiger partial charge in [-0.05, 0) is 39.3 Å². The largest absolute Gasteiger partial charge is 0.354 e. The molecule has 2 unspecified atom stereocenters. The van der Waals surface area contributed by atoms with Crippen LogP contribution in [0.4, 0.5) is 0 Å². The van der Waals surface area contributed by atoms with Crippen molar-refractivity contribution < 1.29 is 4.79 Å². The molecule has 4 heteroatoms. The first-order valence-electron chi connectivity index (χ1n) is 6.72. The molecule has 0 radical (unpaired) electrons. The summed E-state index contributed by atoms with van der Waals surface area (Å²) in [6.07, 6.45) is 2.48. The topological polar surface area (TPSA) is 44.4 Å². The summed E-state index contributed by atoms with van der Waals surface area (Å²) in [5.74, 6) is 0.646. The van der Waals surface area contributed by atoms with E-state index in [2.05, 4.69) is 29.4 Å². The molecule has 17 heavy (non-hydrogen) atoms. The van der Waals surface area contributed by atoms with Crippen LogP contribution in [0.5, 0.6) is 0 Å². The Labute approximate surface area is 105 Å². The fourth-order valence-electron chi connectivity index (χ4n) is 2.07. The van der Waals surface area contributed by atoms with E-state index in [1.807, 2.05) is 14.0 Å². The second kappa shape index (κ2) is 6.97. The summed E-state index contributed by atoms with van der Waals surface area (Å²) in [5.41, 5.74) is 0. The van der Waals surface area contributed by atoms with Gasteiger partial charge in [-0.15, -0.1) is 0 Å². The van der Waals surface area contributed by atoms with Gasteiger partial charge >= 0.3 is 0 Å². The number of hydrogen-bond donors (Lipinski definition) is 2. The first-order valence-corrected chi connectivity index (χ1v) is 6.72. The predicted octanol–water partition coefficient (Wildman–Crippen LogP) is 0.831. The Kier molecular flexibility index (Phi) is 5.92. The third kappa shape index (κ3) is 5.04. The number of nitrogens with one attached hydrogen (secondary N) is 2. The first-order chi connectivity index (χ1) is 8.00. The smallest absolute Gasteiger partial charge is 0.237 e. The third-order valence-electron chi connectivity index (χ3n) is 3.40. The molecule has 0 aromatic rings. The number of rotatable bonds is 6. The van der Waals surface area contributed by atoms with Gasteiger partial charge in [0.2, 0.25) is 5.91 Å². The monoisotopic (exact) mass is 241 g/mol. The van der Waals surface area contributed by atoms with Gasteiger partial charge in [-0.1, -0.05) is 13.8 Å². The molecule has 1 aliphatic heterocycles. The Balaban J connectivity index is 2.28. The van der Waals surface area contributed by atoms with Crippen LogP contribution < -0.4 is 10.6 Å². The van der Waals surface area contributed by atoms with E-state index in [0.717, 1.165) is 19.6 Å². The number of likely N-dealkylation sites (N-methyl/N-ethyl adjacent to an activating group) is 1. The molecule has 4 nitrogen and oxygen atoms in total. The van der Waals surface area contributed by atoms with Crippen LogP contribution in [0.25, 0.3) is 0 Å². The molecule has 1 rings (SSSR count). The Morgan fingerprint density at radius 1 is 1.47 bits per heavy atom. The lowest BCUT2D eigenvalue weighted by Crippen LogP contribution is -2.47. The summed E-state index contributed by atoms with van der Waals surface area (Å²) in [5, 5.41) is 6.44. The van der Waals surface area contributed by atoms with Crippen molar-refractivity contribution in [2.24, 2.45) is 5.92 Å². The van der Waals surface area contributed by atoms with Gasteiger partial charge in [0, 0.05) is 19.1 Å². The summed E-state index contributed by atoms with van der Waals surface area (Å²) in [6, 6.07) is 0.511. The summed E-state index contributed by atoms with van der Waals surface area (Å²) < 4.78 is 0. The van der Waals surface area contributed by atoms with Crippen LogP contribution in [0.1, 0.15) is 33.6 Å². The molecule has 1 saturated heterocycles. The second-order valence-corrected chi connectivity index (χ2v) is 5.55. The van der Waals surface area contributed by atoms with E-state index in [4.69, 9.17) is 0 Å². The van der Waals surface area contributed by atoms with Crippen molar-refractivity contribution in [3.8, 4) is 0 Å². The molecule has 2 atom stereocenters. The van der Waals surface area contributed by atoms with Gasteiger partial charge in [0.1, 0.15) is 0 Å². The Bertz CT molecular complexity index is 237. The van der Waals surface area contributed by atoms with Crippen molar-refractivity contribution in [1.82, 2.24) is 15.5 Å².